The molecule has 0 heterocycles. The number of hydrogen-bond acceptors (Lipinski definition) is 2. The van der Waals surface area contributed by atoms with Gasteiger partial charge in [0.05, 0.1) is 0 Å². The Hall–Kier alpha value is -0.0800. The van der Waals surface area contributed by atoms with E-state index >= 15 is 0 Å². The quantitative estimate of drug-likeness (QED) is 0.640. The summed E-state index contributed by atoms with van der Waals surface area (Å²) in [7, 11) is 2.07. The summed E-state index contributed by atoms with van der Waals surface area (Å²) >= 11 is 0. The van der Waals surface area contributed by atoms with Crippen LogP contribution in [0.4, 0.5) is 0 Å². The van der Waals surface area contributed by atoms with Crippen LogP contribution < -0.4 is 10.6 Å². The van der Waals surface area contributed by atoms with Crippen molar-refractivity contribution in [2.24, 2.45) is 0 Å². The van der Waals surface area contributed by atoms with Crippen molar-refractivity contribution in [1.29, 1.82) is 0 Å². The standard InChI is InChI=1S/C9H20N2/c1-3-11-9-6-4-8(10-2)5-7-9/h8-11H,3-7H2,1-2H3/t8-,9+. The van der Waals surface area contributed by atoms with Crippen molar-refractivity contribution < 1.29 is 0 Å². The predicted molar refractivity (Wildman–Crippen MR) is 48.8 cm³/mol. The summed E-state index contributed by atoms with van der Waals surface area (Å²) in [5, 5.41) is 6.84. The van der Waals surface area contributed by atoms with E-state index in [1.54, 1.807) is 0 Å². The molecular weight excluding hydrogens is 136 g/mol. The van der Waals surface area contributed by atoms with Gasteiger partial charge >= 0.3 is 0 Å². The van der Waals surface area contributed by atoms with E-state index < -0.39 is 0 Å². The molecule has 0 aromatic heterocycles. The smallest absolute Gasteiger partial charge is 0.00681 e. The minimum absolute atomic E-state index is 0.782. The van der Waals surface area contributed by atoms with Crippen LogP contribution in [0, 0.1) is 0 Å². The molecule has 2 N–H and O–H groups in total. The number of hydrogen-bond donors (Lipinski definition) is 2. The fourth-order valence-corrected chi connectivity index (χ4v) is 1.87. The third-order valence-corrected chi connectivity index (χ3v) is 2.63. The lowest BCUT2D eigenvalue weighted by atomic mass is 9.91. The molecule has 0 unspecified atom stereocenters. The van der Waals surface area contributed by atoms with Gasteiger partial charge in [-0.15, -0.1) is 0 Å². The van der Waals surface area contributed by atoms with Gasteiger partial charge in [-0.2, -0.15) is 0 Å². The highest BCUT2D eigenvalue weighted by molar-refractivity contribution is 4.79. The average molecular weight is 156 g/mol. The molecule has 0 aromatic carbocycles. The Kier molecular flexibility index (Phi) is 3.87. The van der Waals surface area contributed by atoms with Crippen molar-refractivity contribution in [3.63, 3.8) is 0 Å². The maximum absolute atomic E-state index is 3.50. The summed E-state index contributed by atoms with van der Waals surface area (Å²) in [6.07, 6.45) is 5.38. The first kappa shape index (κ1) is 9.01. The van der Waals surface area contributed by atoms with Gasteiger partial charge in [0.2, 0.25) is 0 Å². The zero-order valence-electron chi connectivity index (χ0n) is 7.69. The van der Waals surface area contributed by atoms with E-state index in [0.717, 1.165) is 18.6 Å². The highest BCUT2D eigenvalue weighted by atomic mass is 14.9. The molecule has 1 fully saturated rings. The first-order chi connectivity index (χ1) is 5.36. The molecule has 1 aliphatic carbocycles. The maximum atomic E-state index is 3.50. The maximum Gasteiger partial charge on any atom is 0.00681 e. The highest BCUT2D eigenvalue weighted by Gasteiger charge is 2.18. The molecule has 2 nitrogen and oxygen atoms in total. The molecule has 1 saturated carbocycles. The van der Waals surface area contributed by atoms with Gasteiger partial charge in [0, 0.05) is 12.1 Å². The highest BCUT2D eigenvalue weighted by Crippen LogP contribution is 2.17. The van der Waals surface area contributed by atoms with Gasteiger partial charge in [-0.1, -0.05) is 6.92 Å². The molecule has 0 amide bonds. The van der Waals surface area contributed by atoms with Crippen LogP contribution in [0.1, 0.15) is 32.6 Å². The zero-order chi connectivity index (χ0) is 8.10. The third kappa shape index (κ3) is 2.80. The lowest BCUT2D eigenvalue weighted by Gasteiger charge is -2.28. The Labute approximate surface area is 69.8 Å². The van der Waals surface area contributed by atoms with Crippen LogP contribution in [0.5, 0.6) is 0 Å². The second-order valence-electron chi connectivity index (χ2n) is 3.39. The van der Waals surface area contributed by atoms with E-state index in [0.29, 0.717) is 0 Å². The fraction of sp³-hybridized carbons (Fsp3) is 1.00. The molecule has 0 spiro atoms. The van der Waals surface area contributed by atoms with Crippen LogP contribution in [0.2, 0.25) is 0 Å². The Bertz CT molecular complexity index is 95.7. The van der Waals surface area contributed by atoms with Crippen LogP contribution in [0.15, 0.2) is 0 Å². The molecule has 1 aliphatic rings. The molecule has 0 saturated heterocycles. The molecular formula is C9H20N2. The van der Waals surface area contributed by atoms with Gasteiger partial charge in [-0.3, -0.25) is 0 Å². The number of nitrogens with one attached hydrogen (secondary N) is 2. The molecule has 66 valence electrons. The predicted octanol–water partition coefficient (Wildman–Crippen LogP) is 1.13. The van der Waals surface area contributed by atoms with Crippen molar-refractivity contribution in [3.8, 4) is 0 Å². The van der Waals surface area contributed by atoms with Gasteiger partial charge in [0.25, 0.3) is 0 Å². The van der Waals surface area contributed by atoms with Gasteiger partial charge in [0.1, 0.15) is 0 Å². The SMILES string of the molecule is CCN[C@H]1CC[C@@H](NC)CC1. The molecule has 0 radical (unpaired) electrons. The average Bonchev–Trinajstić information content (AvgIpc) is 2.07. The van der Waals surface area contributed by atoms with Gasteiger partial charge in [-0.05, 0) is 39.3 Å². The van der Waals surface area contributed by atoms with Crippen molar-refractivity contribution in [2.75, 3.05) is 13.6 Å². The zero-order valence-corrected chi connectivity index (χ0v) is 7.69. The Balaban J connectivity index is 2.14. The van der Waals surface area contributed by atoms with E-state index in [9.17, 15) is 0 Å². The molecule has 1 rings (SSSR count). The molecule has 2 heteroatoms. The van der Waals surface area contributed by atoms with E-state index in [1.807, 2.05) is 0 Å². The van der Waals surface area contributed by atoms with E-state index in [-0.39, 0.29) is 0 Å². The summed E-state index contributed by atoms with van der Waals surface area (Å²) in [4.78, 5) is 0. The van der Waals surface area contributed by atoms with Crippen LogP contribution >= 0.6 is 0 Å². The van der Waals surface area contributed by atoms with Crippen LogP contribution in [-0.4, -0.2) is 25.7 Å². The first-order valence-electron chi connectivity index (χ1n) is 4.77. The van der Waals surface area contributed by atoms with Crippen molar-refractivity contribution >= 4 is 0 Å². The van der Waals surface area contributed by atoms with E-state index in [2.05, 4.69) is 24.6 Å². The minimum Gasteiger partial charge on any atom is -0.317 e. The number of rotatable bonds is 3. The summed E-state index contributed by atoms with van der Waals surface area (Å²) < 4.78 is 0. The van der Waals surface area contributed by atoms with Gasteiger partial charge in [-0.25, -0.2) is 0 Å². The van der Waals surface area contributed by atoms with Crippen LogP contribution in [-0.2, 0) is 0 Å². The third-order valence-electron chi connectivity index (χ3n) is 2.63. The fourth-order valence-electron chi connectivity index (χ4n) is 1.87. The molecule has 0 bridgehead atoms. The van der Waals surface area contributed by atoms with Crippen LogP contribution in [0.3, 0.4) is 0 Å². The lowest BCUT2D eigenvalue weighted by Crippen LogP contribution is -2.38. The molecule has 0 aromatic rings. The Morgan fingerprint density at radius 2 is 1.64 bits per heavy atom. The largest absolute Gasteiger partial charge is 0.317 e. The van der Waals surface area contributed by atoms with E-state index in [4.69, 9.17) is 0 Å². The summed E-state index contributed by atoms with van der Waals surface area (Å²) in [6, 6.07) is 1.58. The van der Waals surface area contributed by atoms with Crippen molar-refractivity contribution in [2.45, 2.75) is 44.7 Å². The monoisotopic (exact) mass is 156 g/mol. The Morgan fingerprint density at radius 3 is 2.09 bits per heavy atom. The minimum atomic E-state index is 0.782. The van der Waals surface area contributed by atoms with Gasteiger partial charge in [0.15, 0.2) is 0 Å². The molecule has 0 atom stereocenters. The van der Waals surface area contributed by atoms with Crippen LogP contribution in [0.25, 0.3) is 0 Å². The second kappa shape index (κ2) is 4.73. The first-order valence-corrected chi connectivity index (χ1v) is 4.77. The summed E-state index contributed by atoms with van der Waals surface area (Å²) in [5.74, 6) is 0. The summed E-state index contributed by atoms with van der Waals surface area (Å²) in [6.45, 7) is 3.30. The lowest BCUT2D eigenvalue weighted by molar-refractivity contribution is 0.322. The topological polar surface area (TPSA) is 24.1 Å². The normalized spacial score (nSPS) is 32.2. The second-order valence-corrected chi connectivity index (χ2v) is 3.39. The van der Waals surface area contributed by atoms with Crippen molar-refractivity contribution in [3.05, 3.63) is 0 Å². The molecule has 0 aliphatic heterocycles. The van der Waals surface area contributed by atoms with Gasteiger partial charge < -0.3 is 10.6 Å². The van der Waals surface area contributed by atoms with E-state index in [1.165, 1.54) is 25.7 Å². The molecule has 11 heavy (non-hydrogen) atoms. The summed E-state index contributed by atoms with van der Waals surface area (Å²) in [5.41, 5.74) is 0. The Morgan fingerprint density at radius 1 is 1.09 bits per heavy atom. The van der Waals surface area contributed by atoms with Crippen molar-refractivity contribution in [1.82, 2.24) is 10.6 Å².